The summed E-state index contributed by atoms with van der Waals surface area (Å²) in [5.41, 5.74) is 4.56. The first-order valence-electron chi connectivity index (χ1n) is 6.88. The van der Waals surface area contributed by atoms with Crippen LogP contribution in [0.15, 0.2) is 23.6 Å². The van der Waals surface area contributed by atoms with Gasteiger partial charge in [-0.1, -0.05) is 19.1 Å². The maximum Gasteiger partial charge on any atom is 0.229 e. The Morgan fingerprint density at radius 2 is 2.10 bits per heavy atom. The van der Waals surface area contributed by atoms with Gasteiger partial charge in [-0.25, -0.2) is 4.98 Å². The van der Waals surface area contributed by atoms with Gasteiger partial charge in [-0.05, 0) is 43.4 Å². The van der Waals surface area contributed by atoms with Gasteiger partial charge in [-0.2, -0.15) is 0 Å². The number of carbonyl (C=O) groups is 1. The average Bonchev–Trinajstić information content (AvgIpc) is 2.97. The van der Waals surface area contributed by atoms with Gasteiger partial charge in [0.05, 0.1) is 5.69 Å². The number of nitrogens with zero attached hydrogens (tertiary/aromatic N) is 1. The number of hydrogen-bond donors (Lipinski definition) is 1. The fourth-order valence-corrected chi connectivity index (χ4v) is 2.97. The van der Waals surface area contributed by atoms with Crippen LogP contribution in [-0.2, 0) is 4.79 Å². The lowest BCUT2D eigenvalue weighted by atomic mass is 10.1. The van der Waals surface area contributed by atoms with Crippen molar-refractivity contribution in [2.45, 2.75) is 27.2 Å². The second-order valence-electron chi connectivity index (χ2n) is 5.65. The van der Waals surface area contributed by atoms with E-state index in [9.17, 15) is 4.79 Å². The van der Waals surface area contributed by atoms with Crippen LogP contribution in [0.1, 0.15) is 24.5 Å². The van der Waals surface area contributed by atoms with Crippen molar-refractivity contribution in [2.24, 2.45) is 11.8 Å². The van der Waals surface area contributed by atoms with E-state index in [-0.39, 0.29) is 11.8 Å². The molecule has 2 aromatic rings. The number of hydrogen-bond acceptors (Lipinski definition) is 3. The molecule has 4 heteroatoms. The van der Waals surface area contributed by atoms with Crippen molar-refractivity contribution in [2.75, 3.05) is 5.32 Å². The lowest BCUT2D eigenvalue weighted by Gasteiger charge is -2.02. The summed E-state index contributed by atoms with van der Waals surface area (Å²) < 4.78 is 0. The Morgan fingerprint density at radius 1 is 1.35 bits per heavy atom. The first-order chi connectivity index (χ1) is 9.54. The van der Waals surface area contributed by atoms with Crippen LogP contribution in [0.5, 0.6) is 0 Å². The third-order valence-electron chi connectivity index (χ3n) is 3.98. The van der Waals surface area contributed by atoms with E-state index in [0.717, 1.165) is 17.7 Å². The standard InChI is InChI=1S/C16H18N2OS/c1-9-4-5-12(6-10(9)2)14-8-20-16(17-14)18-15(19)13-7-11(13)3/h4-6,8,11,13H,7H2,1-3H3,(H,17,18,19)/t11-,13-/m0/s1. The minimum absolute atomic E-state index is 0.110. The van der Waals surface area contributed by atoms with Crippen molar-refractivity contribution in [3.63, 3.8) is 0 Å². The normalized spacial score (nSPS) is 20.8. The number of benzene rings is 1. The number of aromatic nitrogens is 1. The smallest absolute Gasteiger partial charge is 0.229 e. The average molecular weight is 286 g/mol. The van der Waals surface area contributed by atoms with Crippen LogP contribution in [0.4, 0.5) is 5.13 Å². The summed E-state index contributed by atoms with van der Waals surface area (Å²) in [7, 11) is 0. The fraction of sp³-hybridized carbons (Fsp3) is 0.375. The highest BCUT2D eigenvalue weighted by atomic mass is 32.1. The first kappa shape index (κ1) is 13.3. The summed E-state index contributed by atoms with van der Waals surface area (Å²) in [5, 5.41) is 5.61. The van der Waals surface area contributed by atoms with Crippen LogP contribution in [0.3, 0.4) is 0 Å². The predicted octanol–water partition coefficient (Wildman–Crippen LogP) is 4.02. The van der Waals surface area contributed by atoms with Gasteiger partial charge in [-0.3, -0.25) is 4.79 Å². The largest absolute Gasteiger partial charge is 0.302 e. The Morgan fingerprint density at radius 3 is 2.75 bits per heavy atom. The number of thiazole rings is 1. The first-order valence-corrected chi connectivity index (χ1v) is 7.76. The Kier molecular flexibility index (Phi) is 3.34. The van der Waals surface area contributed by atoms with E-state index in [2.05, 4.69) is 49.3 Å². The Hall–Kier alpha value is -1.68. The highest BCUT2D eigenvalue weighted by Crippen LogP contribution is 2.38. The van der Waals surface area contributed by atoms with Crippen molar-refractivity contribution < 1.29 is 4.79 Å². The zero-order valence-electron chi connectivity index (χ0n) is 11.9. The SMILES string of the molecule is Cc1ccc(-c2csc(NC(=O)[C@H]3C[C@@H]3C)n2)cc1C. The van der Waals surface area contributed by atoms with Crippen molar-refractivity contribution in [1.29, 1.82) is 0 Å². The molecule has 1 aliphatic carbocycles. The molecule has 2 atom stereocenters. The molecule has 1 saturated carbocycles. The predicted molar refractivity (Wildman–Crippen MR) is 82.9 cm³/mol. The van der Waals surface area contributed by atoms with Gasteiger partial charge in [0.1, 0.15) is 0 Å². The van der Waals surface area contributed by atoms with Gasteiger partial charge in [0.15, 0.2) is 5.13 Å². The van der Waals surface area contributed by atoms with E-state index in [1.54, 1.807) is 0 Å². The summed E-state index contributed by atoms with van der Waals surface area (Å²) in [4.78, 5) is 16.4. The van der Waals surface area contributed by atoms with Crippen molar-refractivity contribution >= 4 is 22.4 Å². The van der Waals surface area contributed by atoms with Crippen LogP contribution in [0.2, 0.25) is 0 Å². The van der Waals surface area contributed by atoms with E-state index < -0.39 is 0 Å². The molecule has 0 spiro atoms. The molecule has 0 aliphatic heterocycles. The summed E-state index contributed by atoms with van der Waals surface area (Å²) in [6, 6.07) is 6.32. The number of aryl methyl sites for hydroxylation is 2. The number of rotatable bonds is 3. The molecule has 3 rings (SSSR count). The molecule has 20 heavy (non-hydrogen) atoms. The minimum Gasteiger partial charge on any atom is -0.302 e. The summed E-state index contributed by atoms with van der Waals surface area (Å²) in [6.07, 6.45) is 1.00. The molecule has 1 aromatic heterocycles. The minimum atomic E-state index is 0.110. The van der Waals surface area contributed by atoms with Gasteiger partial charge >= 0.3 is 0 Å². The van der Waals surface area contributed by atoms with Crippen molar-refractivity contribution in [3.05, 3.63) is 34.7 Å². The molecule has 1 amide bonds. The quantitative estimate of drug-likeness (QED) is 0.926. The number of anilines is 1. The lowest BCUT2D eigenvalue weighted by Crippen LogP contribution is -2.14. The van der Waals surface area contributed by atoms with E-state index in [4.69, 9.17) is 0 Å². The Labute approximate surface area is 123 Å². The van der Waals surface area contributed by atoms with Gasteiger partial charge in [0.25, 0.3) is 0 Å². The zero-order chi connectivity index (χ0) is 14.3. The van der Waals surface area contributed by atoms with E-state index in [0.29, 0.717) is 11.0 Å². The van der Waals surface area contributed by atoms with E-state index in [1.807, 2.05) is 5.38 Å². The molecule has 1 N–H and O–H groups in total. The monoisotopic (exact) mass is 286 g/mol. The molecule has 0 unspecified atom stereocenters. The number of carbonyl (C=O) groups excluding carboxylic acids is 1. The van der Waals surface area contributed by atoms with Gasteiger partial charge in [-0.15, -0.1) is 11.3 Å². The molecular weight excluding hydrogens is 268 g/mol. The molecular formula is C16H18N2OS. The molecule has 0 saturated heterocycles. The van der Waals surface area contributed by atoms with Crippen LogP contribution in [0.25, 0.3) is 11.3 Å². The molecule has 1 aliphatic rings. The molecule has 3 nitrogen and oxygen atoms in total. The Bertz CT molecular complexity index is 662. The maximum atomic E-state index is 11.9. The lowest BCUT2D eigenvalue weighted by molar-refractivity contribution is -0.117. The second kappa shape index (κ2) is 5.02. The van der Waals surface area contributed by atoms with Crippen LogP contribution >= 0.6 is 11.3 Å². The van der Waals surface area contributed by atoms with Crippen LogP contribution < -0.4 is 5.32 Å². The third kappa shape index (κ3) is 2.61. The van der Waals surface area contributed by atoms with Crippen molar-refractivity contribution in [3.8, 4) is 11.3 Å². The topological polar surface area (TPSA) is 42.0 Å². The highest BCUT2D eigenvalue weighted by molar-refractivity contribution is 7.14. The van der Waals surface area contributed by atoms with Crippen LogP contribution in [-0.4, -0.2) is 10.9 Å². The molecule has 1 fully saturated rings. The zero-order valence-corrected chi connectivity index (χ0v) is 12.8. The molecule has 1 heterocycles. The molecule has 1 aromatic carbocycles. The van der Waals surface area contributed by atoms with E-state index >= 15 is 0 Å². The number of amides is 1. The number of nitrogens with one attached hydrogen (secondary N) is 1. The second-order valence-corrected chi connectivity index (χ2v) is 6.50. The molecule has 104 valence electrons. The Balaban J connectivity index is 1.76. The van der Waals surface area contributed by atoms with Crippen molar-refractivity contribution in [1.82, 2.24) is 4.98 Å². The maximum absolute atomic E-state index is 11.9. The molecule has 0 bridgehead atoms. The molecule has 0 radical (unpaired) electrons. The van der Waals surface area contributed by atoms with Gasteiger partial charge in [0, 0.05) is 16.9 Å². The summed E-state index contributed by atoms with van der Waals surface area (Å²) >= 11 is 1.49. The summed E-state index contributed by atoms with van der Waals surface area (Å²) in [6.45, 7) is 6.30. The van der Waals surface area contributed by atoms with Gasteiger partial charge < -0.3 is 5.32 Å². The fourth-order valence-electron chi connectivity index (χ4n) is 2.25. The van der Waals surface area contributed by atoms with Gasteiger partial charge in [0.2, 0.25) is 5.91 Å². The third-order valence-corrected chi connectivity index (χ3v) is 4.74. The van der Waals surface area contributed by atoms with Crippen LogP contribution in [0, 0.1) is 25.7 Å². The van der Waals surface area contributed by atoms with E-state index in [1.165, 1.54) is 22.5 Å². The summed E-state index contributed by atoms with van der Waals surface area (Å²) in [5.74, 6) is 0.816. The highest BCUT2D eigenvalue weighted by Gasteiger charge is 2.39.